The largest absolute Gasteiger partial charge is 0.465 e. The minimum Gasteiger partial charge on any atom is -0.465 e. The fraction of sp³-hybridized carbons (Fsp3) is 0.125. The number of nitrogens with one attached hydrogen (secondary N) is 1. The third-order valence-corrected chi connectivity index (χ3v) is 3.85. The molecular weight excluding hydrogens is 266 g/mol. The molecule has 4 rings (SSSR count). The highest BCUT2D eigenvalue weighted by atomic mass is 16.4. The van der Waals surface area contributed by atoms with Crippen LogP contribution in [0.25, 0.3) is 22.2 Å². The molecule has 1 aromatic heterocycles. The molecule has 0 aliphatic carbocycles. The fourth-order valence-corrected chi connectivity index (χ4v) is 2.74. The first-order valence-electron chi connectivity index (χ1n) is 6.75. The highest BCUT2D eigenvalue weighted by Crippen LogP contribution is 2.27. The molecule has 1 amide bonds. The Bertz CT molecular complexity index is 830. The SMILES string of the molecule is O=C(O)N1Cc2nc(-c3ccc4ccccc4c3)[nH]c2C1. The van der Waals surface area contributed by atoms with Crippen LogP contribution in [0.2, 0.25) is 0 Å². The molecule has 0 atom stereocenters. The average Bonchev–Trinajstić information content (AvgIpc) is 3.05. The maximum atomic E-state index is 11.0. The van der Waals surface area contributed by atoms with Crippen LogP contribution in [0.1, 0.15) is 11.4 Å². The van der Waals surface area contributed by atoms with Gasteiger partial charge in [0.15, 0.2) is 0 Å². The van der Waals surface area contributed by atoms with Crippen LogP contribution in [-0.4, -0.2) is 26.1 Å². The smallest absolute Gasteiger partial charge is 0.408 e. The van der Waals surface area contributed by atoms with Crippen molar-refractivity contribution in [2.24, 2.45) is 0 Å². The maximum Gasteiger partial charge on any atom is 0.408 e. The monoisotopic (exact) mass is 279 g/mol. The highest BCUT2D eigenvalue weighted by Gasteiger charge is 2.26. The van der Waals surface area contributed by atoms with Gasteiger partial charge in [0, 0.05) is 5.56 Å². The van der Waals surface area contributed by atoms with E-state index in [1.54, 1.807) is 0 Å². The second-order valence-electron chi connectivity index (χ2n) is 5.21. The van der Waals surface area contributed by atoms with Crippen LogP contribution >= 0.6 is 0 Å². The number of H-pyrrole nitrogens is 1. The Hall–Kier alpha value is -2.82. The molecule has 0 radical (unpaired) electrons. The van der Waals surface area contributed by atoms with Crippen LogP contribution in [-0.2, 0) is 13.1 Å². The summed E-state index contributed by atoms with van der Waals surface area (Å²) in [6.45, 7) is 0.736. The number of aromatic nitrogens is 2. The van der Waals surface area contributed by atoms with E-state index < -0.39 is 6.09 Å². The summed E-state index contributed by atoms with van der Waals surface area (Å²) in [5.41, 5.74) is 2.73. The zero-order valence-corrected chi connectivity index (χ0v) is 11.2. The van der Waals surface area contributed by atoms with Crippen LogP contribution in [0.5, 0.6) is 0 Å². The molecule has 0 unspecified atom stereocenters. The second-order valence-corrected chi connectivity index (χ2v) is 5.21. The number of amides is 1. The number of carbonyl (C=O) groups is 1. The van der Waals surface area contributed by atoms with Gasteiger partial charge in [0.1, 0.15) is 5.82 Å². The number of aromatic amines is 1. The summed E-state index contributed by atoms with van der Waals surface area (Å²) in [7, 11) is 0. The molecule has 0 spiro atoms. The molecule has 2 heterocycles. The van der Waals surface area contributed by atoms with Crippen molar-refractivity contribution in [1.29, 1.82) is 0 Å². The third kappa shape index (κ3) is 1.94. The summed E-state index contributed by atoms with van der Waals surface area (Å²) in [5, 5.41) is 11.4. The van der Waals surface area contributed by atoms with Crippen LogP contribution in [0, 0.1) is 0 Å². The van der Waals surface area contributed by atoms with Crippen molar-refractivity contribution in [3.05, 3.63) is 53.9 Å². The zero-order valence-electron chi connectivity index (χ0n) is 11.2. The van der Waals surface area contributed by atoms with E-state index in [4.69, 9.17) is 5.11 Å². The van der Waals surface area contributed by atoms with Gasteiger partial charge in [-0.25, -0.2) is 9.78 Å². The average molecular weight is 279 g/mol. The first kappa shape index (κ1) is 12.0. The van der Waals surface area contributed by atoms with Crippen molar-refractivity contribution in [2.75, 3.05) is 0 Å². The number of carboxylic acid groups (broad SMARTS) is 1. The lowest BCUT2D eigenvalue weighted by Gasteiger charge is -2.09. The molecular formula is C16H13N3O2. The topological polar surface area (TPSA) is 69.2 Å². The van der Waals surface area contributed by atoms with Crippen LogP contribution in [0.3, 0.4) is 0 Å². The number of hydrogen-bond donors (Lipinski definition) is 2. The molecule has 1 aliphatic heterocycles. The second kappa shape index (κ2) is 4.34. The van der Waals surface area contributed by atoms with Crippen molar-refractivity contribution in [3.63, 3.8) is 0 Å². The Morgan fingerprint density at radius 1 is 1.14 bits per heavy atom. The Kier molecular flexibility index (Phi) is 2.47. The van der Waals surface area contributed by atoms with E-state index in [1.165, 1.54) is 15.7 Å². The first-order chi connectivity index (χ1) is 10.2. The van der Waals surface area contributed by atoms with Gasteiger partial charge < -0.3 is 10.1 Å². The standard InChI is InChI=1S/C16H13N3O2/c20-16(21)19-8-13-14(9-19)18-15(17-13)12-6-5-10-3-1-2-4-11(10)7-12/h1-7H,8-9H2,(H,17,18)(H,20,21). The van der Waals surface area contributed by atoms with Gasteiger partial charge in [-0.1, -0.05) is 36.4 Å². The number of benzene rings is 2. The van der Waals surface area contributed by atoms with E-state index in [2.05, 4.69) is 34.2 Å². The molecule has 2 N–H and O–H groups in total. The number of nitrogens with zero attached hydrogens (tertiary/aromatic N) is 2. The normalized spacial score (nSPS) is 13.6. The molecule has 0 fully saturated rings. The van der Waals surface area contributed by atoms with Crippen molar-refractivity contribution in [3.8, 4) is 11.4 Å². The molecule has 0 saturated heterocycles. The third-order valence-electron chi connectivity index (χ3n) is 3.85. The number of fused-ring (bicyclic) bond motifs is 2. The maximum absolute atomic E-state index is 11.0. The molecule has 104 valence electrons. The van der Waals surface area contributed by atoms with E-state index >= 15 is 0 Å². The van der Waals surface area contributed by atoms with E-state index in [0.717, 1.165) is 22.8 Å². The first-order valence-corrected chi connectivity index (χ1v) is 6.75. The minimum absolute atomic E-state index is 0.356. The van der Waals surface area contributed by atoms with E-state index in [9.17, 15) is 4.79 Å². The van der Waals surface area contributed by atoms with Crippen molar-refractivity contribution < 1.29 is 9.90 Å². The molecule has 2 aromatic carbocycles. The van der Waals surface area contributed by atoms with E-state index in [-0.39, 0.29) is 0 Å². The molecule has 5 heteroatoms. The highest BCUT2D eigenvalue weighted by molar-refractivity contribution is 5.86. The minimum atomic E-state index is -0.909. The van der Waals surface area contributed by atoms with Gasteiger partial charge in [-0.3, -0.25) is 4.90 Å². The van der Waals surface area contributed by atoms with Gasteiger partial charge in [0.2, 0.25) is 0 Å². The predicted octanol–water partition coefficient (Wildman–Crippen LogP) is 3.22. The number of hydrogen-bond acceptors (Lipinski definition) is 2. The van der Waals surface area contributed by atoms with Gasteiger partial charge in [0.05, 0.1) is 24.5 Å². The molecule has 1 aliphatic rings. The summed E-state index contributed by atoms with van der Waals surface area (Å²) < 4.78 is 0. The van der Waals surface area contributed by atoms with Crippen molar-refractivity contribution in [1.82, 2.24) is 14.9 Å². The van der Waals surface area contributed by atoms with Gasteiger partial charge in [-0.15, -0.1) is 0 Å². The van der Waals surface area contributed by atoms with Crippen LogP contribution in [0.15, 0.2) is 42.5 Å². The van der Waals surface area contributed by atoms with Crippen LogP contribution in [0.4, 0.5) is 4.79 Å². The Morgan fingerprint density at radius 3 is 2.71 bits per heavy atom. The van der Waals surface area contributed by atoms with Crippen molar-refractivity contribution in [2.45, 2.75) is 13.1 Å². The van der Waals surface area contributed by atoms with Crippen LogP contribution < -0.4 is 0 Å². The number of rotatable bonds is 1. The molecule has 5 nitrogen and oxygen atoms in total. The Morgan fingerprint density at radius 2 is 1.95 bits per heavy atom. The number of imidazole rings is 1. The van der Waals surface area contributed by atoms with Crippen molar-refractivity contribution >= 4 is 16.9 Å². The summed E-state index contributed by atoms with van der Waals surface area (Å²) in [6.07, 6.45) is -0.909. The lowest BCUT2D eigenvalue weighted by molar-refractivity contribution is 0.144. The lowest BCUT2D eigenvalue weighted by atomic mass is 10.1. The van der Waals surface area contributed by atoms with E-state index in [1.807, 2.05) is 18.2 Å². The summed E-state index contributed by atoms with van der Waals surface area (Å²) in [4.78, 5) is 20.1. The van der Waals surface area contributed by atoms with E-state index in [0.29, 0.717) is 13.1 Å². The van der Waals surface area contributed by atoms with Gasteiger partial charge in [0.25, 0.3) is 0 Å². The summed E-state index contributed by atoms with van der Waals surface area (Å²) in [5.74, 6) is 0.802. The molecule has 3 aromatic rings. The molecule has 0 bridgehead atoms. The fourth-order valence-electron chi connectivity index (χ4n) is 2.74. The molecule has 0 saturated carbocycles. The quantitative estimate of drug-likeness (QED) is 0.718. The predicted molar refractivity (Wildman–Crippen MR) is 78.8 cm³/mol. The lowest BCUT2D eigenvalue weighted by Crippen LogP contribution is -2.23. The summed E-state index contributed by atoms with van der Waals surface area (Å²) in [6, 6.07) is 14.4. The Balaban J connectivity index is 1.71. The summed E-state index contributed by atoms with van der Waals surface area (Å²) >= 11 is 0. The molecule has 21 heavy (non-hydrogen) atoms. The van der Waals surface area contributed by atoms with Gasteiger partial charge >= 0.3 is 6.09 Å². The van der Waals surface area contributed by atoms with Gasteiger partial charge in [-0.2, -0.15) is 0 Å². The Labute approximate surface area is 120 Å². The zero-order chi connectivity index (χ0) is 14.4. The van der Waals surface area contributed by atoms with Gasteiger partial charge in [-0.05, 0) is 16.8 Å².